The third-order valence-electron chi connectivity index (χ3n) is 5.52. The third-order valence-corrected chi connectivity index (χ3v) is 5.91. The predicted molar refractivity (Wildman–Crippen MR) is 127 cm³/mol. The highest BCUT2D eigenvalue weighted by molar-refractivity contribution is 6.30. The molecule has 1 aromatic heterocycles. The van der Waals surface area contributed by atoms with Gasteiger partial charge in [0.15, 0.2) is 6.29 Å². The lowest BCUT2D eigenvalue weighted by Crippen LogP contribution is -2.23. The van der Waals surface area contributed by atoms with Crippen LogP contribution in [0.1, 0.15) is 28.5 Å². The molecule has 4 rings (SSSR count). The molecule has 33 heavy (non-hydrogen) atoms. The molecule has 0 saturated carbocycles. The molecule has 7 nitrogen and oxygen atoms in total. The van der Waals surface area contributed by atoms with Gasteiger partial charge < -0.3 is 23.8 Å². The van der Waals surface area contributed by atoms with Crippen LogP contribution in [0.2, 0.25) is 5.15 Å². The van der Waals surface area contributed by atoms with Crippen LogP contribution in [0.15, 0.2) is 48.7 Å². The minimum absolute atomic E-state index is 0.433. The second-order valence-electron chi connectivity index (χ2n) is 7.85. The highest BCUT2D eigenvalue weighted by atomic mass is 35.5. The van der Waals surface area contributed by atoms with Crippen molar-refractivity contribution < 1.29 is 18.9 Å². The summed E-state index contributed by atoms with van der Waals surface area (Å²) >= 11 is 6.18. The van der Waals surface area contributed by atoms with E-state index in [-0.39, 0.29) is 0 Å². The molecule has 0 amide bonds. The lowest BCUT2D eigenvalue weighted by molar-refractivity contribution is -0.0464. The maximum atomic E-state index is 6.21. The van der Waals surface area contributed by atoms with Gasteiger partial charge in [-0.3, -0.25) is 0 Å². The fraction of sp³-hybridized carbons (Fsp3) is 0.360. The Morgan fingerprint density at radius 3 is 2.58 bits per heavy atom. The molecule has 0 atom stereocenters. The second kappa shape index (κ2) is 10.8. The van der Waals surface area contributed by atoms with Gasteiger partial charge in [-0.2, -0.15) is 0 Å². The van der Waals surface area contributed by atoms with Crippen molar-refractivity contribution in [2.24, 2.45) is 0 Å². The van der Waals surface area contributed by atoms with Gasteiger partial charge in [-0.1, -0.05) is 35.9 Å². The average molecular weight is 470 g/mol. The van der Waals surface area contributed by atoms with Gasteiger partial charge in [-0.25, -0.2) is 9.97 Å². The summed E-state index contributed by atoms with van der Waals surface area (Å²) in [5.41, 5.74) is 3.93. The molecule has 0 spiro atoms. The highest BCUT2D eigenvalue weighted by Crippen LogP contribution is 2.35. The number of rotatable bonds is 9. The molecule has 1 fully saturated rings. The number of benzene rings is 2. The fourth-order valence-electron chi connectivity index (χ4n) is 3.59. The molecular weight excluding hydrogens is 442 g/mol. The van der Waals surface area contributed by atoms with Crippen LogP contribution in [0.3, 0.4) is 0 Å². The molecule has 2 heterocycles. The van der Waals surface area contributed by atoms with Crippen LogP contribution in [0.25, 0.3) is 0 Å². The Balaban J connectivity index is 1.51. The number of likely N-dealkylation sites (N-methyl/N-ethyl adjacent to an activating group) is 1. The van der Waals surface area contributed by atoms with Crippen molar-refractivity contribution in [3.8, 4) is 11.5 Å². The molecule has 2 aromatic carbocycles. The lowest BCUT2D eigenvalue weighted by Gasteiger charge is -2.22. The van der Waals surface area contributed by atoms with Gasteiger partial charge in [-0.15, -0.1) is 0 Å². The molecule has 0 N–H and O–H groups in total. The summed E-state index contributed by atoms with van der Waals surface area (Å²) in [5.74, 6) is 2.16. The zero-order valence-electron chi connectivity index (χ0n) is 19.1. The van der Waals surface area contributed by atoms with Gasteiger partial charge in [0.25, 0.3) is 0 Å². The highest BCUT2D eigenvalue weighted by Gasteiger charge is 2.25. The SMILES string of the molecule is COc1ccc(COc2cccc(CCN(C)c3ncc(C)c(Cl)n3)c2C2OCCO2)cc1. The Labute approximate surface area is 199 Å². The minimum atomic E-state index is -0.442. The van der Waals surface area contributed by atoms with Crippen LogP contribution < -0.4 is 14.4 Å². The van der Waals surface area contributed by atoms with E-state index in [9.17, 15) is 0 Å². The van der Waals surface area contributed by atoms with Gasteiger partial charge in [-0.05, 0) is 42.7 Å². The van der Waals surface area contributed by atoms with E-state index in [4.69, 9.17) is 30.5 Å². The van der Waals surface area contributed by atoms with Crippen LogP contribution in [-0.2, 0) is 22.5 Å². The molecule has 1 aliphatic heterocycles. The first kappa shape index (κ1) is 23.3. The normalized spacial score (nSPS) is 13.8. The number of ether oxygens (including phenoxy) is 4. The molecule has 8 heteroatoms. The van der Waals surface area contributed by atoms with E-state index in [0.29, 0.717) is 37.5 Å². The summed E-state index contributed by atoms with van der Waals surface area (Å²) in [6.07, 6.45) is 2.03. The maximum absolute atomic E-state index is 6.21. The van der Waals surface area contributed by atoms with Crippen molar-refractivity contribution in [2.75, 3.05) is 38.8 Å². The lowest BCUT2D eigenvalue weighted by atomic mass is 10.0. The molecular formula is C25H28ClN3O4. The van der Waals surface area contributed by atoms with Crippen molar-refractivity contribution in [2.45, 2.75) is 26.2 Å². The van der Waals surface area contributed by atoms with Gasteiger partial charge in [0, 0.05) is 25.4 Å². The fourth-order valence-corrected chi connectivity index (χ4v) is 3.72. The van der Waals surface area contributed by atoms with Crippen LogP contribution >= 0.6 is 11.6 Å². The summed E-state index contributed by atoms with van der Waals surface area (Å²) in [6, 6.07) is 13.9. The Bertz CT molecular complexity index is 1070. The van der Waals surface area contributed by atoms with Crippen LogP contribution in [0.5, 0.6) is 11.5 Å². The summed E-state index contributed by atoms with van der Waals surface area (Å²) in [6.45, 7) is 4.14. The quantitative estimate of drug-likeness (QED) is 0.419. The van der Waals surface area contributed by atoms with E-state index >= 15 is 0 Å². The largest absolute Gasteiger partial charge is 0.497 e. The molecule has 1 saturated heterocycles. The van der Waals surface area contributed by atoms with Crippen molar-refractivity contribution in [1.82, 2.24) is 9.97 Å². The number of hydrogen-bond donors (Lipinski definition) is 0. The number of aryl methyl sites for hydroxylation is 1. The maximum Gasteiger partial charge on any atom is 0.226 e. The van der Waals surface area contributed by atoms with Gasteiger partial charge >= 0.3 is 0 Å². The van der Waals surface area contributed by atoms with E-state index in [1.54, 1.807) is 13.3 Å². The summed E-state index contributed by atoms with van der Waals surface area (Å²) in [5, 5.41) is 0.467. The summed E-state index contributed by atoms with van der Waals surface area (Å²) in [4.78, 5) is 10.7. The third kappa shape index (κ3) is 5.74. The second-order valence-corrected chi connectivity index (χ2v) is 8.21. The van der Waals surface area contributed by atoms with Crippen molar-refractivity contribution >= 4 is 17.5 Å². The van der Waals surface area contributed by atoms with E-state index in [0.717, 1.165) is 40.2 Å². The summed E-state index contributed by atoms with van der Waals surface area (Å²) in [7, 11) is 3.61. The van der Waals surface area contributed by atoms with Gasteiger partial charge in [0.2, 0.25) is 5.95 Å². The van der Waals surface area contributed by atoms with Gasteiger partial charge in [0.1, 0.15) is 23.3 Å². The number of anilines is 1. The predicted octanol–water partition coefficient (Wildman–Crippen LogP) is 4.75. The van der Waals surface area contributed by atoms with E-state index < -0.39 is 6.29 Å². The van der Waals surface area contributed by atoms with Crippen LogP contribution in [0, 0.1) is 6.92 Å². The Morgan fingerprint density at radius 2 is 1.88 bits per heavy atom. The topological polar surface area (TPSA) is 65.9 Å². The Hall–Kier alpha value is -2.87. The van der Waals surface area contributed by atoms with Crippen LogP contribution in [0.4, 0.5) is 5.95 Å². The Kier molecular flexibility index (Phi) is 7.65. The summed E-state index contributed by atoms with van der Waals surface area (Å²) < 4.78 is 23.1. The number of aromatic nitrogens is 2. The van der Waals surface area contributed by atoms with Crippen molar-refractivity contribution in [3.05, 3.63) is 76.1 Å². The number of hydrogen-bond acceptors (Lipinski definition) is 7. The Morgan fingerprint density at radius 1 is 1.12 bits per heavy atom. The molecule has 1 aliphatic rings. The van der Waals surface area contributed by atoms with E-state index in [1.807, 2.05) is 55.3 Å². The van der Waals surface area contributed by atoms with E-state index in [1.165, 1.54) is 0 Å². The number of halogens is 1. The molecule has 0 radical (unpaired) electrons. The first-order valence-electron chi connectivity index (χ1n) is 10.9. The van der Waals surface area contributed by atoms with Gasteiger partial charge in [0.05, 0.1) is 25.9 Å². The number of nitrogens with zero attached hydrogens (tertiary/aromatic N) is 3. The minimum Gasteiger partial charge on any atom is -0.497 e. The molecule has 0 bridgehead atoms. The zero-order valence-corrected chi connectivity index (χ0v) is 19.8. The first-order valence-corrected chi connectivity index (χ1v) is 11.2. The molecule has 0 unspecified atom stereocenters. The molecule has 0 aliphatic carbocycles. The standard InChI is InChI=1S/C25H28ClN3O4/c1-17-15-27-25(28-23(17)26)29(2)12-11-19-5-4-6-21(22(19)24-31-13-14-32-24)33-16-18-7-9-20(30-3)10-8-18/h4-10,15,24H,11-14,16H2,1-3H3. The van der Waals surface area contributed by atoms with Crippen LogP contribution in [-0.4, -0.2) is 43.9 Å². The van der Waals surface area contributed by atoms with Crippen molar-refractivity contribution in [1.29, 1.82) is 0 Å². The first-order chi connectivity index (χ1) is 16.0. The molecule has 174 valence electrons. The number of methoxy groups -OCH3 is 1. The smallest absolute Gasteiger partial charge is 0.226 e. The van der Waals surface area contributed by atoms with E-state index in [2.05, 4.69) is 16.0 Å². The zero-order chi connectivity index (χ0) is 23.2. The van der Waals surface area contributed by atoms with Crippen molar-refractivity contribution in [3.63, 3.8) is 0 Å². The monoisotopic (exact) mass is 469 g/mol. The molecule has 3 aromatic rings. The average Bonchev–Trinajstić information content (AvgIpc) is 3.37.